The quantitative estimate of drug-likeness (QED) is 0.442. The SMILES string of the molecule is Cc1cc2cc(C(=O)c3ccc(O)nc3)sc2n1CCN1CCCC1COCC1C=CC=CC1. The third-order valence-electron chi connectivity index (χ3n) is 6.83. The summed E-state index contributed by atoms with van der Waals surface area (Å²) in [4.78, 5) is 21.1. The minimum absolute atomic E-state index is 0.0574. The van der Waals surface area contributed by atoms with Crippen molar-refractivity contribution in [2.75, 3.05) is 26.3 Å². The molecule has 5 rings (SSSR count). The Morgan fingerprint density at radius 2 is 2.15 bits per heavy atom. The van der Waals surface area contributed by atoms with Crippen molar-refractivity contribution in [3.05, 3.63) is 70.9 Å². The van der Waals surface area contributed by atoms with E-state index in [0.29, 0.717) is 22.4 Å². The minimum Gasteiger partial charge on any atom is -0.493 e. The Balaban J connectivity index is 1.21. The number of rotatable bonds is 9. The van der Waals surface area contributed by atoms with Gasteiger partial charge in [0.25, 0.3) is 0 Å². The third kappa shape index (κ3) is 5.02. The summed E-state index contributed by atoms with van der Waals surface area (Å²) in [7, 11) is 0. The number of nitrogens with zero attached hydrogens (tertiary/aromatic N) is 3. The summed E-state index contributed by atoms with van der Waals surface area (Å²) >= 11 is 1.53. The van der Waals surface area contributed by atoms with Gasteiger partial charge >= 0.3 is 0 Å². The molecule has 2 atom stereocenters. The van der Waals surface area contributed by atoms with E-state index in [1.807, 2.05) is 6.07 Å². The van der Waals surface area contributed by atoms with Crippen molar-refractivity contribution < 1.29 is 14.6 Å². The standard InChI is InChI=1S/C27H31N3O3S/c1-19-14-22-15-24(26(32)21-9-10-25(31)28-16-21)34-27(22)30(19)13-12-29-11-5-8-23(29)18-33-17-20-6-3-2-4-7-20/h2-4,6,9-10,14-16,20,23H,5,7-8,11-13,17-18H2,1H3,(H,28,31). The van der Waals surface area contributed by atoms with Crippen LogP contribution in [-0.2, 0) is 11.3 Å². The van der Waals surface area contributed by atoms with Gasteiger partial charge in [-0.2, -0.15) is 0 Å². The van der Waals surface area contributed by atoms with Crippen molar-refractivity contribution in [2.24, 2.45) is 5.92 Å². The number of carbonyl (C=O) groups is 1. The van der Waals surface area contributed by atoms with Gasteiger partial charge < -0.3 is 14.4 Å². The van der Waals surface area contributed by atoms with Crippen LogP contribution in [0.4, 0.5) is 0 Å². The Morgan fingerprint density at radius 3 is 2.94 bits per heavy atom. The lowest BCUT2D eigenvalue weighted by molar-refractivity contribution is 0.0626. The molecular weight excluding hydrogens is 446 g/mol. The first kappa shape index (κ1) is 23.0. The van der Waals surface area contributed by atoms with E-state index in [4.69, 9.17) is 4.74 Å². The second kappa shape index (κ2) is 10.3. The van der Waals surface area contributed by atoms with Gasteiger partial charge in [-0.3, -0.25) is 9.69 Å². The Bertz CT molecular complexity index is 1210. The monoisotopic (exact) mass is 477 g/mol. The maximum absolute atomic E-state index is 12.9. The number of allylic oxidation sites excluding steroid dienone is 3. The highest BCUT2D eigenvalue weighted by Gasteiger charge is 2.25. The Morgan fingerprint density at radius 1 is 1.24 bits per heavy atom. The van der Waals surface area contributed by atoms with Crippen LogP contribution >= 0.6 is 11.3 Å². The van der Waals surface area contributed by atoms with Crippen LogP contribution < -0.4 is 0 Å². The van der Waals surface area contributed by atoms with E-state index in [9.17, 15) is 9.90 Å². The second-order valence-corrected chi connectivity index (χ2v) is 10.3. The highest BCUT2D eigenvalue weighted by Crippen LogP contribution is 2.31. The Hall–Kier alpha value is -2.74. The van der Waals surface area contributed by atoms with E-state index in [-0.39, 0.29) is 11.7 Å². The second-order valence-electron chi connectivity index (χ2n) is 9.22. The molecule has 1 saturated heterocycles. The molecule has 0 spiro atoms. The molecule has 1 N–H and O–H groups in total. The van der Waals surface area contributed by atoms with E-state index in [1.54, 1.807) is 6.07 Å². The number of aryl methyl sites for hydroxylation is 1. The predicted molar refractivity (Wildman–Crippen MR) is 136 cm³/mol. The largest absolute Gasteiger partial charge is 0.493 e. The number of aromatic hydroxyl groups is 1. The summed E-state index contributed by atoms with van der Waals surface area (Å²) < 4.78 is 8.44. The van der Waals surface area contributed by atoms with Crippen molar-refractivity contribution in [3.63, 3.8) is 0 Å². The highest BCUT2D eigenvalue weighted by atomic mass is 32.1. The van der Waals surface area contributed by atoms with Gasteiger partial charge in [0.05, 0.1) is 18.1 Å². The number of hydrogen-bond acceptors (Lipinski definition) is 6. The number of aromatic nitrogens is 2. The number of ether oxygens (including phenoxy) is 1. The zero-order valence-electron chi connectivity index (χ0n) is 19.5. The van der Waals surface area contributed by atoms with Crippen LogP contribution in [0.1, 0.15) is 40.2 Å². The molecule has 34 heavy (non-hydrogen) atoms. The number of hydrogen-bond donors (Lipinski definition) is 1. The number of likely N-dealkylation sites (tertiary alicyclic amines) is 1. The van der Waals surface area contributed by atoms with Gasteiger partial charge in [0, 0.05) is 54.0 Å². The van der Waals surface area contributed by atoms with E-state index in [0.717, 1.165) is 49.5 Å². The van der Waals surface area contributed by atoms with Crippen molar-refractivity contribution >= 4 is 27.3 Å². The van der Waals surface area contributed by atoms with Crippen molar-refractivity contribution in [2.45, 2.75) is 38.8 Å². The van der Waals surface area contributed by atoms with Crippen LogP contribution in [0.5, 0.6) is 5.88 Å². The molecule has 0 amide bonds. The molecule has 4 heterocycles. The van der Waals surface area contributed by atoms with Gasteiger partial charge in [-0.1, -0.05) is 24.3 Å². The predicted octanol–water partition coefficient (Wildman–Crippen LogP) is 4.96. The topological polar surface area (TPSA) is 67.6 Å². The normalized spacial score (nSPS) is 20.5. The molecule has 6 nitrogen and oxygen atoms in total. The van der Waals surface area contributed by atoms with Crippen LogP contribution in [-0.4, -0.2) is 57.7 Å². The number of ketones is 1. The first-order valence-corrected chi connectivity index (χ1v) is 12.8. The van der Waals surface area contributed by atoms with Gasteiger partial charge in [-0.05, 0) is 50.9 Å². The van der Waals surface area contributed by atoms with Crippen LogP contribution in [0.15, 0.2) is 54.8 Å². The fourth-order valence-electron chi connectivity index (χ4n) is 4.94. The summed E-state index contributed by atoms with van der Waals surface area (Å²) in [6.45, 7) is 6.72. The smallest absolute Gasteiger partial charge is 0.210 e. The van der Waals surface area contributed by atoms with Crippen LogP contribution in [0.2, 0.25) is 0 Å². The lowest BCUT2D eigenvalue weighted by atomic mass is 10.0. The van der Waals surface area contributed by atoms with E-state index >= 15 is 0 Å². The fraction of sp³-hybridized carbons (Fsp3) is 0.407. The third-order valence-corrected chi connectivity index (χ3v) is 8.00. The van der Waals surface area contributed by atoms with Crippen LogP contribution in [0.25, 0.3) is 10.2 Å². The minimum atomic E-state index is -0.0800. The first-order chi connectivity index (χ1) is 16.6. The van der Waals surface area contributed by atoms with E-state index in [1.165, 1.54) is 42.1 Å². The van der Waals surface area contributed by atoms with Crippen LogP contribution in [0.3, 0.4) is 0 Å². The number of thiophene rings is 1. The van der Waals surface area contributed by atoms with Gasteiger partial charge in [-0.25, -0.2) is 4.98 Å². The maximum atomic E-state index is 12.9. The molecule has 0 saturated carbocycles. The molecule has 7 heteroatoms. The maximum Gasteiger partial charge on any atom is 0.210 e. The molecule has 2 aliphatic rings. The van der Waals surface area contributed by atoms with Gasteiger partial charge in [0.1, 0.15) is 4.83 Å². The fourth-order valence-corrected chi connectivity index (χ4v) is 6.13. The number of fused-ring (bicyclic) bond motifs is 1. The van der Waals surface area contributed by atoms with Crippen molar-refractivity contribution in [1.29, 1.82) is 0 Å². The summed E-state index contributed by atoms with van der Waals surface area (Å²) in [6.07, 6.45) is 13.6. The van der Waals surface area contributed by atoms with E-state index < -0.39 is 0 Å². The highest BCUT2D eigenvalue weighted by molar-refractivity contribution is 7.20. The first-order valence-electron chi connectivity index (χ1n) is 12.0. The van der Waals surface area contributed by atoms with Crippen LogP contribution in [0, 0.1) is 12.8 Å². The average molecular weight is 478 g/mol. The molecule has 3 aromatic rings. The Kier molecular flexibility index (Phi) is 6.94. The zero-order valence-corrected chi connectivity index (χ0v) is 20.3. The molecule has 0 aromatic carbocycles. The summed E-state index contributed by atoms with van der Waals surface area (Å²) in [5.74, 6) is 0.366. The summed E-state index contributed by atoms with van der Waals surface area (Å²) in [5, 5.41) is 10.5. The molecule has 3 aromatic heterocycles. The molecule has 2 unspecified atom stereocenters. The molecule has 1 fully saturated rings. The van der Waals surface area contributed by atoms with Gasteiger partial charge in [-0.15, -0.1) is 11.3 Å². The molecular formula is C27H31N3O3S. The van der Waals surface area contributed by atoms with E-state index in [2.05, 4.69) is 51.7 Å². The average Bonchev–Trinajstić information content (AvgIpc) is 3.54. The molecule has 178 valence electrons. The molecule has 1 aliphatic heterocycles. The molecule has 1 aliphatic carbocycles. The van der Waals surface area contributed by atoms with Gasteiger partial charge in [0.15, 0.2) is 0 Å². The van der Waals surface area contributed by atoms with Crippen molar-refractivity contribution in [1.82, 2.24) is 14.5 Å². The molecule has 0 bridgehead atoms. The Labute approximate surface area is 204 Å². The molecule has 0 radical (unpaired) electrons. The van der Waals surface area contributed by atoms with Gasteiger partial charge in [0.2, 0.25) is 11.7 Å². The zero-order chi connectivity index (χ0) is 23.5. The lowest BCUT2D eigenvalue weighted by Gasteiger charge is -2.25. The lowest BCUT2D eigenvalue weighted by Crippen LogP contribution is -2.36. The van der Waals surface area contributed by atoms with Crippen molar-refractivity contribution in [3.8, 4) is 5.88 Å². The summed E-state index contributed by atoms with van der Waals surface area (Å²) in [5.41, 5.74) is 1.71. The number of carbonyl (C=O) groups excluding carboxylic acids is 1. The number of pyridine rings is 1. The summed E-state index contributed by atoms with van der Waals surface area (Å²) in [6, 6.07) is 7.68.